The van der Waals surface area contributed by atoms with Crippen molar-refractivity contribution in [2.24, 2.45) is 5.92 Å². The van der Waals surface area contributed by atoms with Crippen LogP contribution < -0.4 is 5.32 Å². The Labute approximate surface area is 121 Å². The van der Waals surface area contributed by atoms with Crippen LogP contribution in [-0.4, -0.2) is 60.7 Å². The molecule has 0 aromatic carbocycles. The second-order valence-electron chi connectivity index (χ2n) is 5.66. The quantitative estimate of drug-likeness (QED) is 0.813. The lowest BCUT2D eigenvalue weighted by Gasteiger charge is -2.37. The van der Waals surface area contributed by atoms with E-state index in [4.69, 9.17) is 4.74 Å². The maximum Gasteiger partial charge on any atom is 0.391 e. The van der Waals surface area contributed by atoms with Crippen molar-refractivity contribution in [1.29, 1.82) is 0 Å². The zero-order valence-electron chi connectivity index (χ0n) is 11.7. The summed E-state index contributed by atoms with van der Waals surface area (Å²) in [5.41, 5.74) is 0. The van der Waals surface area contributed by atoms with E-state index in [0.717, 1.165) is 0 Å². The van der Waals surface area contributed by atoms with E-state index in [0.29, 0.717) is 26.0 Å². The van der Waals surface area contributed by atoms with Crippen LogP contribution in [0.15, 0.2) is 0 Å². The molecule has 0 bridgehead atoms. The minimum Gasteiger partial charge on any atom is -0.394 e. The molecule has 122 valence electrons. The highest BCUT2D eigenvalue weighted by molar-refractivity contribution is 5.75. The molecule has 2 rings (SSSR count). The third kappa shape index (κ3) is 4.23. The number of carbonyl (C=O) groups is 1. The lowest BCUT2D eigenvalue weighted by molar-refractivity contribution is -0.183. The van der Waals surface area contributed by atoms with Crippen molar-refractivity contribution < 1.29 is 27.8 Å². The fourth-order valence-electron chi connectivity index (χ4n) is 2.95. The number of amides is 2. The number of halogens is 3. The van der Waals surface area contributed by atoms with Crippen LogP contribution in [0.3, 0.4) is 0 Å². The molecule has 1 heterocycles. The summed E-state index contributed by atoms with van der Waals surface area (Å²) in [6, 6.07) is -1.30. The number of urea groups is 1. The summed E-state index contributed by atoms with van der Waals surface area (Å²) >= 11 is 0. The largest absolute Gasteiger partial charge is 0.394 e. The number of aliphatic hydroxyl groups excluding tert-OH is 1. The predicted molar refractivity (Wildman–Crippen MR) is 68.7 cm³/mol. The fourth-order valence-corrected chi connectivity index (χ4v) is 2.95. The molecule has 21 heavy (non-hydrogen) atoms. The van der Waals surface area contributed by atoms with Gasteiger partial charge in [0.05, 0.1) is 31.8 Å². The van der Waals surface area contributed by atoms with Gasteiger partial charge in [-0.15, -0.1) is 0 Å². The number of morpholine rings is 1. The second-order valence-corrected chi connectivity index (χ2v) is 5.66. The first-order valence-electron chi connectivity index (χ1n) is 7.24. The van der Waals surface area contributed by atoms with Gasteiger partial charge in [0, 0.05) is 12.6 Å². The first-order chi connectivity index (χ1) is 9.91. The van der Waals surface area contributed by atoms with E-state index in [1.165, 1.54) is 4.90 Å². The minimum absolute atomic E-state index is 0.0661. The second kappa shape index (κ2) is 6.83. The van der Waals surface area contributed by atoms with Gasteiger partial charge in [-0.2, -0.15) is 13.2 Å². The molecule has 1 saturated heterocycles. The van der Waals surface area contributed by atoms with Crippen molar-refractivity contribution >= 4 is 6.03 Å². The summed E-state index contributed by atoms with van der Waals surface area (Å²) in [6.45, 7) is 0.745. The highest BCUT2D eigenvalue weighted by Gasteiger charge is 2.42. The van der Waals surface area contributed by atoms with Crippen LogP contribution in [0.2, 0.25) is 0 Å². The van der Waals surface area contributed by atoms with Crippen LogP contribution in [-0.2, 0) is 4.74 Å². The predicted octanol–water partition coefficient (Wildman–Crippen LogP) is 1.51. The van der Waals surface area contributed by atoms with Gasteiger partial charge in [-0.3, -0.25) is 0 Å². The molecule has 1 aliphatic carbocycles. The first kappa shape index (κ1) is 16.4. The third-order valence-corrected chi connectivity index (χ3v) is 4.16. The van der Waals surface area contributed by atoms with E-state index in [-0.39, 0.29) is 26.1 Å². The van der Waals surface area contributed by atoms with Crippen LogP contribution in [0.25, 0.3) is 0 Å². The smallest absolute Gasteiger partial charge is 0.391 e. The summed E-state index contributed by atoms with van der Waals surface area (Å²) in [4.78, 5) is 13.6. The van der Waals surface area contributed by atoms with Gasteiger partial charge in [-0.25, -0.2) is 4.79 Å². The molecular weight excluding hydrogens is 289 g/mol. The lowest BCUT2D eigenvalue weighted by Crippen LogP contribution is -2.56. The molecule has 5 nitrogen and oxygen atoms in total. The standard InChI is InChI=1S/C13H21F3N2O3/c14-13(15,16)9-2-1-3-10(6-9)17-12(20)18-4-5-21-8-11(18)7-19/h9-11,19H,1-8H2,(H,17,20)/t9?,10?,11-/m1/s1. The summed E-state index contributed by atoms with van der Waals surface area (Å²) in [7, 11) is 0. The molecule has 2 aliphatic rings. The van der Waals surface area contributed by atoms with Gasteiger partial charge in [0.1, 0.15) is 0 Å². The zero-order valence-corrected chi connectivity index (χ0v) is 11.7. The number of ether oxygens (including phenoxy) is 1. The average molecular weight is 310 g/mol. The number of hydrogen-bond acceptors (Lipinski definition) is 3. The third-order valence-electron chi connectivity index (χ3n) is 4.16. The molecule has 2 N–H and O–H groups in total. The number of aliphatic hydroxyl groups is 1. The fraction of sp³-hybridized carbons (Fsp3) is 0.923. The topological polar surface area (TPSA) is 61.8 Å². The van der Waals surface area contributed by atoms with Gasteiger partial charge in [0.25, 0.3) is 0 Å². The highest BCUT2D eigenvalue weighted by Crippen LogP contribution is 2.37. The van der Waals surface area contributed by atoms with Gasteiger partial charge < -0.3 is 20.1 Å². The normalized spacial score (nSPS) is 31.0. The van der Waals surface area contributed by atoms with Crippen LogP contribution in [0.1, 0.15) is 25.7 Å². The Morgan fingerprint density at radius 3 is 2.81 bits per heavy atom. The van der Waals surface area contributed by atoms with Crippen LogP contribution in [0, 0.1) is 5.92 Å². The lowest BCUT2D eigenvalue weighted by atomic mass is 9.85. The number of alkyl halides is 3. The van der Waals surface area contributed by atoms with Crippen molar-refractivity contribution in [1.82, 2.24) is 10.2 Å². The van der Waals surface area contributed by atoms with E-state index < -0.39 is 30.2 Å². The van der Waals surface area contributed by atoms with Crippen molar-refractivity contribution in [3.8, 4) is 0 Å². The van der Waals surface area contributed by atoms with E-state index in [2.05, 4.69) is 5.32 Å². The monoisotopic (exact) mass is 310 g/mol. The molecule has 2 amide bonds. The van der Waals surface area contributed by atoms with Gasteiger partial charge in [-0.05, 0) is 19.3 Å². The van der Waals surface area contributed by atoms with Crippen molar-refractivity contribution in [2.45, 2.75) is 43.9 Å². The van der Waals surface area contributed by atoms with Gasteiger partial charge in [0.2, 0.25) is 0 Å². The van der Waals surface area contributed by atoms with Crippen molar-refractivity contribution in [2.75, 3.05) is 26.4 Å². The number of rotatable bonds is 2. The zero-order chi connectivity index (χ0) is 15.5. The van der Waals surface area contributed by atoms with E-state index >= 15 is 0 Å². The Hall–Kier alpha value is -1.02. The van der Waals surface area contributed by atoms with Crippen molar-refractivity contribution in [3.63, 3.8) is 0 Å². The van der Waals surface area contributed by atoms with Crippen molar-refractivity contribution in [3.05, 3.63) is 0 Å². The van der Waals surface area contributed by atoms with Crippen LogP contribution >= 0.6 is 0 Å². The molecule has 1 aliphatic heterocycles. The SMILES string of the molecule is O=C(NC1CCCC(C(F)(F)F)C1)N1CCOC[C@H]1CO. The molecule has 2 fully saturated rings. The van der Waals surface area contributed by atoms with E-state index in [1.807, 2.05) is 0 Å². The Morgan fingerprint density at radius 2 is 2.14 bits per heavy atom. The molecular formula is C13H21F3N2O3. The number of hydrogen-bond donors (Lipinski definition) is 2. The molecule has 1 saturated carbocycles. The Bertz CT molecular complexity index is 365. The molecule has 3 atom stereocenters. The maximum atomic E-state index is 12.8. The van der Waals surface area contributed by atoms with E-state index in [9.17, 15) is 23.1 Å². The summed E-state index contributed by atoms with van der Waals surface area (Å²) < 4.78 is 43.4. The number of nitrogens with one attached hydrogen (secondary N) is 1. The molecule has 0 aromatic heterocycles. The first-order valence-corrected chi connectivity index (χ1v) is 7.24. The van der Waals surface area contributed by atoms with Gasteiger partial charge >= 0.3 is 12.2 Å². The highest BCUT2D eigenvalue weighted by atomic mass is 19.4. The molecule has 8 heteroatoms. The molecule has 0 radical (unpaired) electrons. The summed E-state index contributed by atoms with van der Waals surface area (Å²) in [6.07, 6.45) is -3.11. The summed E-state index contributed by atoms with van der Waals surface area (Å²) in [5, 5.41) is 11.9. The summed E-state index contributed by atoms with van der Waals surface area (Å²) in [5.74, 6) is -1.34. The molecule has 2 unspecified atom stereocenters. The van der Waals surface area contributed by atoms with Gasteiger partial charge in [-0.1, -0.05) is 6.42 Å². The average Bonchev–Trinajstić information content (AvgIpc) is 2.46. The number of nitrogens with zero attached hydrogens (tertiary/aromatic N) is 1. The number of carbonyl (C=O) groups excluding carboxylic acids is 1. The minimum atomic E-state index is -4.20. The van der Waals surface area contributed by atoms with Gasteiger partial charge in [0.15, 0.2) is 0 Å². The molecule has 0 spiro atoms. The Morgan fingerprint density at radius 1 is 1.38 bits per heavy atom. The Kier molecular flexibility index (Phi) is 5.32. The van der Waals surface area contributed by atoms with Crippen LogP contribution in [0.4, 0.5) is 18.0 Å². The molecule has 0 aromatic rings. The Balaban J connectivity index is 1.89. The maximum absolute atomic E-state index is 12.8. The van der Waals surface area contributed by atoms with E-state index in [1.54, 1.807) is 0 Å². The van der Waals surface area contributed by atoms with Crippen LogP contribution in [0.5, 0.6) is 0 Å².